The van der Waals surface area contributed by atoms with Gasteiger partial charge in [-0.1, -0.05) is 20.8 Å². The number of carbonyl (C=O) groups excluding carboxylic acids is 1. The number of aromatic nitrogens is 4. The molecule has 1 aromatic rings. The second-order valence-corrected chi connectivity index (χ2v) is 4.59. The number of hydrogen-bond acceptors (Lipinski definition) is 5. The van der Waals surface area contributed by atoms with Crippen molar-refractivity contribution in [2.75, 3.05) is 13.1 Å². The largest absolute Gasteiger partial charge is 0.297 e. The first-order valence-electron chi connectivity index (χ1n) is 6.49. The molecule has 6 heteroatoms. The lowest BCUT2D eigenvalue weighted by Gasteiger charge is -2.38. The van der Waals surface area contributed by atoms with Crippen molar-refractivity contribution in [3.8, 4) is 0 Å². The van der Waals surface area contributed by atoms with Gasteiger partial charge in [-0.05, 0) is 31.6 Å². The van der Waals surface area contributed by atoms with E-state index in [1.807, 2.05) is 13.8 Å². The molecule has 0 fully saturated rings. The van der Waals surface area contributed by atoms with E-state index in [-0.39, 0.29) is 12.2 Å². The summed E-state index contributed by atoms with van der Waals surface area (Å²) in [6.07, 6.45) is 1.03. The first-order valence-corrected chi connectivity index (χ1v) is 6.49. The van der Waals surface area contributed by atoms with Crippen LogP contribution in [0.15, 0.2) is 0 Å². The standard InChI is InChI=1S/C12H23N5O/c1-6-12(4,17(7-2)8-3)10(18)9-11-13-15-16(5)14-11/h6-9H2,1-5H3. The molecule has 0 aromatic carbocycles. The van der Waals surface area contributed by atoms with Crippen molar-refractivity contribution < 1.29 is 4.79 Å². The summed E-state index contributed by atoms with van der Waals surface area (Å²) < 4.78 is 0. The van der Waals surface area contributed by atoms with Gasteiger partial charge >= 0.3 is 0 Å². The number of aryl methyl sites for hydroxylation is 1. The molecular formula is C12H23N5O. The topological polar surface area (TPSA) is 63.9 Å². The Bertz CT molecular complexity index is 399. The Morgan fingerprint density at radius 3 is 2.33 bits per heavy atom. The molecule has 1 unspecified atom stereocenters. The van der Waals surface area contributed by atoms with Crippen LogP contribution in [-0.2, 0) is 18.3 Å². The van der Waals surface area contributed by atoms with Crippen LogP contribution in [0.25, 0.3) is 0 Å². The van der Waals surface area contributed by atoms with Crippen LogP contribution in [0.1, 0.15) is 39.9 Å². The zero-order chi connectivity index (χ0) is 13.8. The number of nitrogens with zero attached hydrogens (tertiary/aromatic N) is 5. The molecule has 0 saturated heterocycles. The highest BCUT2D eigenvalue weighted by molar-refractivity contribution is 5.89. The van der Waals surface area contributed by atoms with E-state index in [4.69, 9.17) is 0 Å². The predicted molar refractivity (Wildman–Crippen MR) is 69.1 cm³/mol. The maximum absolute atomic E-state index is 12.5. The minimum atomic E-state index is -0.442. The van der Waals surface area contributed by atoms with Gasteiger partial charge in [0.05, 0.1) is 19.0 Å². The molecule has 0 aliphatic heterocycles. The number of tetrazole rings is 1. The molecule has 1 heterocycles. The summed E-state index contributed by atoms with van der Waals surface area (Å²) in [5.74, 6) is 0.649. The van der Waals surface area contributed by atoms with E-state index < -0.39 is 5.54 Å². The maximum atomic E-state index is 12.5. The molecule has 0 spiro atoms. The molecule has 102 valence electrons. The van der Waals surface area contributed by atoms with E-state index in [1.165, 1.54) is 4.80 Å². The average Bonchev–Trinajstić information content (AvgIpc) is 2.75. The quantitative estimate of drug-likeness (QED) is 0.720. The molecular weight excluding hydrogens is 230 g/mol. The van der Waals surface area contributed by atoms with Crippen molar-refractivity contribution in [2.24, 2.45) is 7.05 Å². The van der Waals surface area contributed by atoms with Crippen molar-refractivity contribution in [2.45, 2.75) is 46.1 Å². The van der Waals surface area contributed by atoms with Crippen LogP contribution in [0.2, 0.25) is 0 Å². The number of carbonyl (C=O) groups is 1. The Labute approximate surface area is 108 Å². The Kier molecular flexibility index (Phi) is 4.95. The van der Waals surface area contributed by atoms with Gasteiger partial charge in [0.2, 0.25) is 0 Å². The first-order chi connectivity index (χ1) is 8.47. The normalized spacial score (nSPS) is 14.8. The van der Waals surface area contributed by atoms with Gasteiger partial charge in [0, 0.05) is 0 Å². The monoisotopic (exact) mass is 253 g/mol. The zero-order valence-corrected chi connectivity index (χ0v) is 12.0. The van der Waals surface area contributed by atoms with Gasteiger partial charge in [-0.15, -0.1) is 10.2 Å². The van der Waals surface area contributed by atoms with Crippen LogP contribution in [0.3, 0.4) is 0 Å². The SMILES string of the molecule is CCN(CC)C(C)(CC)C(=O)Cc1nnn(C)n1. The highest BCUT2D eigenvalue weighted by atomic mass is 16.1. The molecule has 0 amide bonds. The van der Waals surface area contributed by atoms with Crippen LogP contribution in [-0.4, -0.2) is 49.5 Å². The summed E-state index contributed by atoms with van der Waals surface area (Å²) in [6.45, 7) is 9.91. The molecule has 6 nitrogen and oxygen atoms in total. The Morgan fingerprint density at radius 1 is 1.33 bits per heavy atom. The van der Waals surface area contributed by atoms with E-state index in [1.54, 1.807) is 7.05 Å². The second-order valence-electron chi connectivity index (χ2n) is 4.59. The molecule has 18 heavy (non-hydrogen) atoms. The van der Waals surface area contributed by atoms with E-state index >= 15 is 0 Å². The first kappa shape index (κ1) is 14.8. The Morgan fingerprint density at radius 2 is 1.94 bits per heavy atom. The van der Waals surface area contributed by atoms with Gasteiger partial charge in [-0.3, -0.25) is 9.69 Å². The summed E-state index contributed by atoms with van der Waals surface area (Å²) in [6, 6.07) is 0. The molecule has 0 bridgehead atoms. The van der Waals surface area contributed by atoms with Gasteiger partial charge in [0.15, 0.2) is 11.6 Å². The van der Waals surface area contributed by atoms with Crippen molar-refractivity contribution in [3.63, 3.8) is 0 Å². The highest BCUT2D eigenvalue weighted by Crippen LogP contribution is 2.21. The van der Waals surface area contributed by atoms with Crippen molar-refractivity contribution >= 4 is 5.78 Å². The molecule has 0 aliphatic carbocycles. The summed E-state index contributed by atoms with van der Waals surface area (Å²) >= 11 is 0. The molecule has 0 aliphatic rings. The van der Waals surface area contributed by atoms with E-state index in [9.17, 15) is 4.79 Å². The second kappa shape index (κ2) is 6.04. The highest BCUT2D eigenvalue weighted by Gasteiger charge is 2.36. The smallest absolute Gasteiger partial charge is 0.182 e. The molecule has 0 N–H and O–H groups in total. The van der Waals surface area contributed by atoms with Crippen LogP contribution in [0.5, 0.6) is 0 Å². The number of likely N-dealkylation sites (N-methyl/N-ethyl adjacent to an activating group) is 1. The predicted octanol–water partition coefficient (Wildman–Crippen LogP) is 0.832. The van der Waals surface area contributed by atoms with Crippen LogP contribution < -0.4 is 0 Å². The number of rotatable bonds is 7. The fourth-order valence-electron chi connectivity index (χ4n) is 2.25. The van der Waals surface area contributed by atoms with E-state index in [0.717, 1.165) is 19.5 Å². The third kappa shape index (κ3) is 2.93. The van der Waals surface area contributed by atoms with Crippen LogP contribution >= 0.6 is 0 Å². The number of hydrogen-bond donors (Lipinski definition) is 0. The van der Waals surface area contributed by atoms with Gasteiger partial charge in [0.25, 0.3) is 0 Å². The van der Waals surface area contributed by atoms with E-state index in [2.05, 4.69) is 34.2 Å². The molecule has 1 aromatic heterocycles. The van der Waals surface area contributed by atoms with Gasteiger partial charge in [0.1, 0.15) is 0 Å². The van der Waals surface area contributed by atoms with Crippen molar-refractivity contribution in [3.05, 3.63) is 5.82 Å². The molecule has 1 atom stereocenters. The van der Waals surface area contributed by atoms with E-state index in [0.29, 0.717) is 5.82 Å². The minimum Gasteiger partial charge on any atom is -0.297 e. The number of Topliss-reactive ketones (excluding diaryl/α,β-unsaturated/α-hetero) is 1. The fraction of sp³-hybridized carbons (Fsp3) is 0.833. The van der Waals surface area contributed by atoms with Crippen molar-refractivity contribution in [1.82, 2.24) is 25.1 Å². The molecule has 1 rings (SSSR count). The van der Waals surface area contributed by atoms with Crippen molar-refractivity contribution in [1.29, 1.82) is 0 Å². The Balaban J connectivity index is 2.84. The maximum Gasteiger partial charge on any atom is 0.182 e. The molecule has 0 radical (unpaired) electrons. The fourth-order valence-corrected chi connectivity index (χ4v) is 2.25. The lowest BCUT2D eigenvalue weighted by atomic mass is 9.89. The Hall–Kier alpha value is -1.30. The summed E-state index contributed by atoms with van der Waals surface area (Å²) in [5.41, 5.74) is -0.442. The third-order valence-electron chi connectivity index (χ3n) is 3.62. The molecule has 0 saturated carbocycles. The summed E-state index contributed by atoms with van der Waals surface area (Å²) in [5, 5.41) is 11.7. The van der Waals surface area contributed by atoms with Crippen LogP contribution in [0.4, 0.5) is 0 Å². The third-order valence-corrected chi connectivity index (χ3v) is 3.62. The minimum absolute atomic E-state index is 0.154. The average molecular weight is 253 g/mol. The lowest BCUT2D eigenvalue weighted by molar-refractivity contribution is -0.130. The zero-order valence-electron chi connectivity index (χ0n) is 12.0. The summed E-state index contributed by atoms with van der Waals surface area (Å²) in [4.78, 5) is 16.0. The van der Waals surface area contributed by atoms with Gasteiger partial charge < -0.3 is 0 Å². The lowest BCUT2D eigenvalue weighted by Crippen LogP contribution is -2.52. The summed E-state index contributed by atoms with van der Waals surface area (Å²) in [7, 11) is 1.70. The van der Waals surface area contributed by atoms with Gasteiger partial charge in [-0.25, -0.2) is 0 Å². The van der Waals surface area contributed by atoms with Gasteiger partial charge in [-0.2, -0.15) is 4.80 Å². The van der Waals surface area contributed by atoms with Crippen LogP contribution in [0, 0.1) is 0 Å². The number of ketones is 1.